The highest BCUT2D eigenvalue weighted by atomic mass is 32.2. The zero-order valence-electron chi connectivity index (χ0n) is 18.2. The molecule has 0 saturated heterocycles. The second-order valence-electron chi connectivity index (χ2n) is 9.05. The van der Waals surface area contributed by atoms with Gasteiger partial charge in [-0.05, 0) is 48.8 Å². The third-order valence-corrected chi connectivity index (χ3v) is 7.52. The third kappa shape index (κ3) is 5.68. The Kier molecular flexibility index (Phi) is 7.40. The minimum Gasteiger partial charge on any atom is -0.435 e. The summed E-state index contributed by atoms with van der Waals surface area (Å²) in [5.74, 6) is -4.82. The van der Waals surface area contributed by atoms with Crippen LogP contribution in [-0.2, 0) is 32.4 Å². The zero-order chi connectivity index (χ0) is 26.4. The lowest BCUT2D eigenvalue weighted by atomic mass is 9.82. The summed E-state index contributed by atoms with van der Waals surface area (Å²) >= 11 is 0. The van der Waals surface area contributed by atoms with Crippen molar-refractivity contribution >= 4 is 29.7 Å². The van der Waals surface area contributed by atoms with E-state index in [1.807, 2.05) is 0 Å². The van der Waals surface area contributed by atoms with Crippen molar-refractivity contribution in [1.82, 2.24) is 0 Å². The van der Waals surface area contributed by atoms with Crippen molar-refractivity contribution in [2.24, 2.45) is 17.8 Å². The molecule has 2 aliphatic carbocycles. The monoisotopic (exact) mass is 526 g/mol. The lowest BCUT2D eigenvalue weighted by Crippen LogP contribution is -2.63. The Hall–Kier alpha value is -2.09. The summed E-state index contributed by atoms with van der Waals surface area (Å²) in [7, 11) is -0.270. The van der Waals surface area contributed by atoms with Crippen molar-refractivity contribution in [2.45, 2.75) is 56.4 Å². The van der Waals surface area contributed by atoms with E-state index in [4.69, 9.17) is 12.4 Å². The lowest BCUT2D eigenvalue weighted by molar-refractivity contribution is -0.356. The molecule has 14 heteroatoms. The van der Waals surface area contributed by atoms with Crippen LogP contribution in [0.3, 0.4) is 0 Å². The molecule has 2 aliphatic rings. The van der Waals surface area contributed by atoms with Crippen LogP contribution in [0.5, 0.6) is 0 Å². The zero-order valence-corrected chi connectivity index (χ0v) is 19.0. The Balaban J connectivity index is 1.92. The second kappa shape index (κ2) is 9.42. The Bertz CT molecular complexity index is 1090. The normalized spacial score (nSPS) is 22.9. The van der Waals surface area contributed by atoms with Crippen LogP contribution in [-0.4, -0.2) is 56.3 Å². The number of benzene rings is 1. The number of hydrogen-bond donors (Lipinski definition) is 1. The van der Waals surface area contributed by atoms with Crippen molar-refractivity contribution in [1.29, 1.82) is 0 Å². The molecule has 0 spiro atoms. The van der Waals surface area contributed by atoms with Gasteiger partial charge in [-0.15, -0.1) is 0 Å². The first-order valence-electron chi connectivity index (χ1n) is 10.6. The van der Waals surface area contributed by atoms with Gasteiger partial charge in [0.2, 0.25) is 0 Å². The number of hydrogen-bond acceptors (Lipinski definition) is 5. The van der Waals surface area contributed by atoms with E-state index in [-0.39, 0.29) is 35.9 Å². The lowest BCUT2D eigenvalue weighted by Gasteiger charge is -2.35. The highest BCUT2D eigenvalue weighted by Crippen LogP contribution is 2.49. The van der Waals surface area contributed by atoms with Crippen LogP contribution in [0.25, 0.3) is 0 Å². The molecule has 0 aliphatic heterocycles. The van der Waals surface area contributed by atoms with Gasteiger partial charge >= 0.3 is 23.9 Å². The Labute approximate surface area is 198 Å². The van der Waals surface area contributed by atoms with Gasteiger partial charge in [-0.25, -0.2) is 4.79 Å². The number of Topliss-reactive ketones (excluding diaryl/α,β-unsaturated/α-hetero) is 1. The van der Waals surface area contributed by atoms with Crippen molar-refractivity contribution in [3.63, 3.8) is 0 Å². The molecule has 3 unspecified atom stereocenters. The summed E-state index contributed by atoms with van der Waals surface area (Å²) in [4.78, 5) is 25.3. The van der Waals surface area contributed by atoms with Gasteiger partial charge in [0.1, 0.15) is 11.5 Å². The van der Waals surface area contributed by atoms with Gasteiger partial charge in [0.15, 0.2) is 0 Å². The number of fused-ring (bicyclic) bond motifs is 2. The molecule has 6 nitrogen and oxygen atoms in total. The molecule has 0 aromatic heterocycles. The molecule has 2 bridgehead atoms. The first kappa shape index (κ1) is 27.5. The Morgan fingerprint density at radius 2 is 1.66 bits per heavy atom. The van der Waals surface area contributed by atoms with Crippen LogP contribution in [0.4, 0.5) is 26.3 Å². The number of esters is 1. The molecule has 2 saturated carbocycles. The average molecular weight is 526 g/mol. The maximum absolute atomic E-state index is 13.5. The van der Waals surface area contributed by atoms with Crippen molar-refractivity contribution < 1.29 is 53.6 Å². The summed E-state index contributed by atoms with van der Waals surface area (Å²) in [6.45, 7) is 0. The maximum Gasteiger partial charge on any atom is 0.438 e. The highest BCUT2D eigenvalue weighted by molar-refractivity contribution is 7.85. The molecule has 1 N–H and O–H groups in total. The van der Waals surface area contributed by atoms with E-state index in [1.54, 1.807) is 0 Å². The number of ether oxygens (including phenoxy) is 1. The topological polar surface area (TPSA) is 97.7 Å². The molecule has 1 aromatic rings. The van der Waals surface area contributed by atoms with E-state index < -0.39 is 45.4 Å². The number of carbonyl (C=O) groups excluding carboxylic acids is 2. The summed E-state index contributed by atoms with van der Waals surface area (Å²) in [6, 6.07) is 2.95. The van der Waals surface area contributed by atoms with Crippen molar-refractivity contribution in [2.75, 3.05) is 5.75 Å². The Morgan fingerprint density at radius 3 is 2.11 bits per heavy atom. The molecule has 2 fully saturated rings. The quantitative estimate of drug-likeness (QED) is 0.240. The molecular weight excluding hydrogens is 505 g/mol. The predicted octanol–water partition coefficient (Wildman–Crippen LogP) is 3.81. The minimum atomic E-state index is -6.44. The number of carbonyl (C=O) groups is 2. The first-order valence-corrected chi connectivity index (χ1v) is 12.2. The second-order valence-corrected chi connectivity index (χ2v) is 10.5. The first-order chi connectivity index (χ1) is 16.0. The van der Waals surface area contributed by atoms with E-state index in [0.29, 0.717) is 17.9 Å². The van der Waals surface area contributed by atoms with Gasteiger partial charge in [-0.2, -0.15) is 34.8 Å². The van der Waals surface area contributed by atoms with Crippen LogP contribution in [0.2, 0.25) is 0 Å². The van der Waals surface area contributed by atoms with Gasteiger partial charge in [0.25, 0.3) is 10.1 Å². The van der Waals surface area contributed by atoms with Crippen LogP contribution in [0.1, 0.15) is 47.2 Å². The molecule has 35 heavy (non-hydrogen) atoms. The fourth-order valence-corrected chi connectivity index (χ4v) is 5.92. The highest BCUT2D eigenvalue weighted by Gasteiger charge is 2.76. The minimum absolute atomic E-state index is 0.119. The molecule has 192 valence electrons. The maximum atomic E-state index is 13.5. The number of alkyl halides is 6. The van der Waals surface area contributed by atoms with E-state index in [1.165, 1.54) is 6.07 Å². The molecule has 1 aromatic carbocycles. The Morgan fingerprint density at radius 1 is 1.03 bits per heavy atom. The standard InChI is InChI=1S/C21H21BF6O6S/c22-9-14-4-3-13(7-15(14)8-17(29)16-6-11-1-2-12(16)5-11)18(30)34-19(20(23,24)25,21(26,27)28)10-35(31,32)33/h3-4,7,11-12,16H,1-2,5-6,8-10H2,(H,31,32,33). The molecular formula is C21H21BF6O6S. The van der Waals surface area contributed by atoms with E-state index in [9.17, 15) is 44.3 Å². The third-order valence-electron chi connectivity index (χ3n) is 6.75. The van der Waals surface area contributed by atoms with Crippen molar-refractivity contribution in [3.8, 4) is 0 Å². The van der Waals surface area contributed by atoms with E-state index in [0.717, 1.165) is 31.4 Å². The number of ketones is 1. The van der Waals surface area contributed by atoms with Gasteiger partial charge < -0.3 is 4.74 Å². The fourth-order valence-electron chi connectivity index (χ4n) is 5.02. The molecule has 3 atom stereocenters. The van der Waals surface area contributed by atoms with Crippen LogP contribution in [0, 0.1) is 17.8 Å². The molecule has 2 radical (unpaired) electrons. The van der Waals surface area contributed by atoms with Crippen LogP contribution >= 0.6 is 0 Å². The van der Waals surface area contributed by atoms with E-state index >= 15 is 0 Å². The molecule has 3 rings (SSSR count). The predicted molar refractivity (Wildman–Crippen MR) is 110 cm³/mol. The molecule has 0 amide bonds. The van der Waals surface area contributed by atoms with Crippen LogP contribution in [0.15, 0.2) is 18.2 Å². The molecule has 0 heterocycles. The van der Waals surface area contributed by atoms with E-state index in [2.05, 4.69) is 4.74 Å². The fraction of sp³-hybridized carbons (Fsp3) is 0.619. The SMILES string of the molecule is [B]Cc1ccc(C(=O)OC(CS(=O)(=O)O)(C(F)(F)F)C(F)(F)F)cc1CC(=O)C1CC2CCC1C2. The van der Waals surface area contributed by atoms with Gasteiger partial charge in [0, 0.05) is 12.3 Å². The van der Waals surface area contributed by atoms with Crippen LogP contribution < -0.4 is 0 Å². The summed E-state index contributed by atoms with van der Waals surface area (Å²) in [5, 5.41) is 0. The van der Waals surface area contributed by atoms with Gasteiger partial charge in [0.05, 0.1) is 13.4 Å². The number of halogens is 6. The number of rotatable bonds is 8. The summed E-state index contributed by atoms with van der Waals surface area (Å²) < 4.78 is 115. The van der Waals surface area contributed by atoms with Crippen molar-refractivity contribution in [3.05, 3.63) is 34.9 Å². The average Bonchev–Trinajstić information content (AvgIpc) is 3.34. The van der Waals surface area contributed by atoms with Gasteiger partial charge in [-0.3, -0.25) is 9.35 Å². The van der Waals surface area contributed by atoms with Gasteiger partial charge in [-0.1, -0.05) is 24.4 Å². The largest absolute Gasteiger partial charge is 0.438 e. The summed E-state index contributed by atoms with van der Waals surface area (Å²) in [5.41, 5.74) is -5.79. The smallest absolute Gasteiger partial charge is 0.435 e. The summed E-state index contributed by atoms with van der Waals surface area (Å²) in [6.07, 6.45) is -9.64.